The molecule has 1 aromatic heterocycles. The zero-order valence-corrected chi connectivity index (χ0v) is 20.7. The van der Waals surface area contributed by atoms with Gasteiger partial charge in [0.15, 0.2) is 17.2 Å². The van der Waals surface area contributed by atoms with Crippen molar-refractivity contribution in [2.75, 3.05) is 31.6 Å². The van der Waals surface area contributed by atoms with Gasteiger partial charge in [-0.25, -0.2) is 4.39 Å². The zero-order chi connectivity index (χ0) is 27.3. The number of nitrogens with zero attached hydrogens (tertiary/aromatic N) is 2. The Balaban J connectivity index is 1.67. The molecule has 3 heterocycles. The molecule has 0 saturated carbocycles. The number of nitrogens with one attached hydrogen (secondary N) is 1. The molecule has 13 heteroatoms. The minimum Gasteiger partial charge on any atom is -0.489 e. The van der Waals surface area contributed by atoms with Gasteiger partial charge in [0.1, 0.15) is 30.4 Å². The molecule has 1 aromatic carbocycles. The fraction of sp³-hybridized carbons (Fsp3) is 0.583. The molecule has 2 saturated heterocycles. The van der Waals surface area contributed by atoms with Crippen molar-refractivity contribution in [1.29, 1.82) is 0 Å². The SMILES string of the molecule is Cc1nocc1NC(=O)[C@@H]1O[C@@](C)(C(F)(F)F)[C@@H](C)[C@H]1c1ccc(F)c(F)c1OCCN1CC(C)(O)C1. The van der Waals surface area contributed by atoms with Crippen LogP contribution in [0.15, 0.2) is 22.9 Å². The lowest BCUT2D eigenvalue weighted by Crippen LogP contribution is -2.60. The molecule has 2 fully saturated rings. The first-order valence-electron chi connectivity index (χ1n) is 11.7. The van der Waals surface area contributed by atoms with E-state index in [1.54, 1.807) is 6.92 Å². The van der Waals surface area contributed by atoms with Gasteiger partial charge in [-0.2, -0.15) is 17.6 Å². The maximum absolute atomic E-state index is 15.0. The topological polar surface area (TPSA) is 97.1 Å². The van der Waals surface area contributed by atoms with E-state index in [1.807, 2.05) is 4.90 Å². The summed E-state index contributed by atoms with van der Waals surface area (Å²) in [6.07, 6.45) is -5.49. The predicted octanol–water partition coefficient (Wildman–Crippen LogP) is 3.78. The van der Waals surface area contributed by atoms with Crippen LogP contribution in [0.4, 0.5) is 27.6 Å². The predicted molar refractivity (Wildman–Crippen MR) is 120 cm³/mol. The molecule has 0 aliphatic carbocycles. The largest absolute Gasteiger partial charge is 0.489 e. The second kappa shape index (κ2) is 9.52. The molecule has 4 atom stereocenters. The number of benzene rings is 1. The summed E-state index contributed by atoms with van der Waals surface area (Å²) in [5.74, 6) is -6.88. The van der Waals surface area contributed by atoms with E-state index in [1.165, 1.54) is 13.8 Å². The molecular formula is C24H28F5N3O5. The molecular weight excluding hydrogens is 505 g/mol. The van der Waals surface area contributed by atoms with Crippen LogP contribution in [0, 0.1) is 24.5 Å². The van der Waals surface area contributed by atoms with Crippen LogP contribution in [0.25, 0.3) is 0 Å². The Labute approximate surface area is 209 Å². The van der Waals surface area contributed by atoms with Crippen LogP contribution >= 0.6 is 0 Å². The summed E-state index contributed by atoms with van der Waals surface area (Å²) in [5, 5.41) is 15.9. The normalized spacial score (nSPS) is 27.7. The van der Waals surface area contributed by atoms with Gasteiger partial charge in [-0.1, -0.05) is 18.1 Å². The van der Waals surface area contributed by atoms with E-state index in [4.69, 9.17) is 14.0 Å². The maximum atomic E-state index is 15.0. The summed E-state index contributed by atoms with van der Waals surface area (Å²) in [5.41, 5.74) is -3.33. The Hall–Kier alpha value is -2.77. The van der Waals surface area contributed by atoms with E-state index in [9.17, 15) is 31.9 Å². The molecule has 2 N–H and O–H groups in total. The van der Waals surface area contributed by atoms with Gasteiger partial charge in [0.05, 0.1) is 5.60 Å². The first-order chi connectivity index (χ1) is 17.1. The second-order valence-electron chi connectivity index (χ2n) is 10.1. The van der Waals surface area contributed by atoms with E-state index in [0.717, 1.165) is 25.3 Å². The number of rotatable bonds is 7. The lowest BCUT2D eigenvalue weighted by molar-refractivity contribution is -0.272. The van der Waals surface area contributed by atoms with Gasteiger partial charge in [-0.05, 0) is 26.8 Å². The van der Waals surface area contributed by atoms with Crippen molar-refractivity contribution in [3.05, 3.63) is 41.3 Å². The molecule has 0 radical (unpaired) electrons. The molecule has 2 aliphatic heterocycles. The molecule has 8 nitrogen and oxygen atoms in total. The summed E-state index contributed by atoms with van der Waals surface area (Å²) < 4.78 is 87.2. The Morgan fingerprint density at radius 1 is 1.30 bits per heavy atom. The number of likely N-dealkylation sites (tertiary alicyclic amines) is 1. The number of alkyl halides is 3. The number of β-amino-alcohol motifs (C(OH)–C–C–N with tert-alkyl or cyclic N) is 1. The minimum atomic E-state index is -4.87. The van der Waals surface area contributed by atoms with Crippen molar-refractivity contribution in [3.63, 3.8) is 0 Å². The lowest BCUT2D eigenvalue weighted by atomic mass is 9.77. The van der Waals surface area contributed by atoms with Crippen LogP contribution in [-0.2, 0) is 9.53 Å². The number of halogens is 5. The fourth-order valence-electron chi connectivity index (χ4n) is 4.95. The quantitative estimate of drug-likeness (QED) is 0.523. The second-order valence-corrected chi connectivity index (χ2v) is 10.1. The number of anilines is 1. The Morgan fingerprint density at radius 2 is 1.97 bits per heavy atom. The molecule has 2 aromatic rings. The van der Waals surface area contributed by atoms with Crippen molar-refractivity contribution in [1.82, 2.24) is 10.1 Å². The Morgan fingerprint density at radius 3 is 2.54 bits per heavy atom. The van der Waals surface area contributed by atoms with Gasteiger partial charge < -0.3 is 24.4 Å². The van der Waals surface area contributed by atoms with E-state index in [0.29, 0.717) is 13.1 Å². The summed E-state index contributed by atoms with van der Waals surface area (Å²) in [6, 6.07) is 1.89. The summed E-state index contributed by atoms with van der Waals surface area (Å²) >= 11 is 0. The maximum Gasteiger partial charge on any atom is 0.417 e. The number of hydrogen-bond donors (Lipinski definition) is 2. The van der Waals surface area contributed by atoms with Crippen LogP contribution in [0.5, 0.6) is 5.75 Å². The summed E-state index contributed by atoms with van der Waals surface area (Å²) in [4.78, 5) is 15.0. The minimum absolute atomic E-state index is 0.126. The number of aliphatic hydroxyl groups is 1. The number of carbonyl (C=O) groups excluding carboxylic acids is 1. The highest BCUT2D eigenvalue weighted by molar-refractivity contribution is 5.95. The van der Waals surface area contributed by atoms with Gasteiger partial charge in [-0.3, -0.25) is 9.69 Å². The molecule has 1 amide bonds. The molecule has 37 heavy (non-hydrogen) atoms. The summed E-state index contributed by atoms with van der Waals surface area (Å²) in [6.45, 7) is 6.08. The molecule has 4 rings (SSSR count). The number of hydrogen-bond acceptors (Lipinski definition) is 7. The van der Waals surface area contributed by atoms with Gasteiger partial charge in [0, 0.05) is 37.0 Å². The Kier molecular flexibility index (Phi) is 7.01. The number of amides is 1. The van der Waals surface area contributed by atoms with Crippen molar-refractivity contribution in [3.8, 4) is 5.75 Å². The number of ether oxygens (including phenoxy) is 2. The van der Waals surface area contributed by atoms with Gasteiger partial charge in [-0.15, -0.1) is 0 Å². The third kappa shape index (κ3) is 5.04. The molecule has 204 valence electrons. The van der Waals surface area contributed by atoms with Crippen LogP contribution in [0.2, 0.25) is 0 Å². The van der Waals surface area contributed by atoms with Crippen molar-refractivity contribution < 1.29 is 45.8 Å². The highest BCUT2D eigenvalue weighted by Crippen LogP contribution is 2.55. The Bertz CT molecular complexity index is 1160. The molecule has 2 aliphatic rings. The lowest BCUT2D eigenvalue weighted by Gasteiger charge is -2.44. The van der Waals surface area contributed by atoms with E-state index in [-0.39, 0.29) is 30.1 Å². The number of aryl methyl sites for hydroxylation is 1. The average Bonchev–Trinajstić information content (AvgIpc) is 3.30. The van der Waals surface area contributed by atoms with E-state index in [2.05, 4.69) is 10.5 Å². The van der Waals surface area contributed by atoms with Crippen molar-refractivity contribution in [2.24, 2.45) is 5.92 Å². The van der Waals surface area contributed by atoms with Crippen molar-refractivity contribution in [2.45, 2.75) is 57.1 Å². The van der Waals surface area contributed by atoms with Gasteiger partial charge in [0.2, 0.25) is 5.82 Å². The monoisotopic (exact) mass is 533 g/mol. The smallest absolute Gasteiger partial charge is 0.417 e. The van der Waals surface area contributed by atoms with Crippen molar-refractivity contribution >= 4 is 11.6 Å². The zero-order valence-electron chi connectivity index (χ0n) is 20.7. The van der Waals surface area contributed by atoms with Crippen LogP contribution in [0.1, 0.15) is 37.9 Å². The van der Waals surface area contributed by atoms with Gasteiger partial charge in [0.25, 0.3) is 5.91 Å². The van der Waals surface area contributed by atoms with Crippen LogP contribution < -0.4 is 10.1 Å². The molecule has 0 unspecified atom stereocenters. The first kappa shape index (κ1) is 27.3. The third-order valence-electron chi connectivity index (χ3n) is 7.16. The third-order valence-corrected chi connectivity index (χ3v) is 7.16. The fourth-order valence-corrected chi connectivity index (χ4v) is 4.95. The van der Waals surface area contributed by atoms with Crippen LogP contribution in [-0.4, -0.2) is 70.8 Å². The average molecular weight is 533 g/mol. The molecule has 0 spiro atoms. The van der Waals surface area contributed by atoms with Crippen LogP contribution in [0.3, 0.4) is 0 Å². The number of carbonyl (C=O) groups is 1. The first-order valence-corrected chi connectivity index (χ1v) is 11.7. The highest BCUT2D eigenvalue weighted by Gasteiger charge is 2.66. The van der Waals surface area contributed by atoms with Gasteiger partial charge >= 0.3 is 6.18 Å². The molecule has 0 bridgehead atoms. The standard InChI is InChI=1S/C24H28F5N3O5/c1-12-17(14-5-6-15(25)18(26)19(14)35-8-7-32-10-22(3,34)11-32)20(37-23(12,4)24(27,28)29)21(33)30-16-9-36-31-13(16)2/h5-6,9,12,17,20,34H,7-8,10-11H2,1-4H3,(H,30,33)/t12-,17-,20+,23+/m0/s1. The van der Waals surface area contributed by atoms with E-state index < -0.39 is 58.6 Å². The summed E-state index contributed by atoms with van der Waals surface area (Å²) in [7, 11) is 0. The highest BCUT2D eigenvalue weighted by atomic mass is 19.4. The number of aromatic nitrogens is 1. The van der Waals surface area contributed by atoms with E-state index >= 15 is 0 Å².